The van der Waals surface area contributed by atoms with E-state index in [0.717, 1.165) is 14.2 Å². The predicted octanol–water partition coefficient (Wildman–Crippen LogP) is 4.60. The van der Waals surface area contributed by atoms with Gasteiger partial charge >= 0.3 is 0 Å². The van der Waals surface area contributed by atoms with Gasteiger partial charge in [-0.25, -0.2) is 9.97 Å². The van der Waals surface area contributed by atoms with E-state index in [1.165, 1.54) is 70.1 Å². The molecule has 164 valence electrons. The highest BCUT2D eigenvalue weighted by molar-refractivity contribution is 8.02. The number of anilines is 2. The molecular formula is C17H18N6O2S6. The minimum atomic E-state index is -0.148. The van der Waals surface area contributed by atoms with Crippen LogP contribution in [0, 0.1) is 6.92 Å². The van der Waals surface area contributed by atoms with Crippen molar-refractivity contribution < 1.29 is 9.59 Å². The number of thioether (sulfide) groups is 4. The number of nitrogens with one attached hydrogen (secondary N) is 2. The number of hydrogen-bond acceptors (Lipinski definition) is 12. The molecule has 0 saturated heterocycles. The first-order valence-corrected chi connectivity index (χ1v) is 14.6. The monoisotopic (exact) mass is 530 g/mol. The topological polar surface area (TPSA) is 110 Å². The molecule has 0 fully saturated rings. The Labute approximate surface area is 204 Å². The van der Waals surface area contributed by atoms with Gasteiger partial charge in [0.1, 0.15) is 0 Å². The van der Waals surface area contributed by atoms with Crippen molar-refractivity contribution in [3.05, 3.63) is 23.8 Å². The molecule has 0 aliphatic heterocycles. The van der Waals surface area contributed by atoms with Crippen molar-refractivity contribution in [2.24, 2.45) is 0 Å². The average Bonchev–Trinajstić information content (AvgIpc) is 3.39. The van der Waals surface area contributed by atoms with Crippen molar-refractivity contribution in [3.8, 4) is 0 Å². The third-order valence-corrected chi connectivity index (χ3v) is 8.43. The summed E-state index contributed by atoms with van der Waals surface area (Å²) in [6, 6.07) is 5.45. The number of nitrogens with zero attached hydrogens (tertiary/aromatic N) is 4. The number of carbonyl (C=O) groups excluding carboxylic acids is 2. The summed E-state index contributed by atoms with van der Waals surface area (Å²) < 4.78 is 9.87. The Hall–Kier alpha value is -1.32. The predicted molar refractivity (Wildman–Crippen MR) is 133 cm³/mol. The first-order chi connectivity index (χ1) is 14.9. The number of rotatable bonds is 10. The maximum absolute atomic E-state index is 12.3. The van der Waals surface area contributed by atoms with Gasteiger partial charge in [0.2, 0.25) is 22.1 Å². The van der Waals surface area contributed by atoms with Gasteiger partial charge in [-0.2, -0.15) is 8.75 Å². The molecular weight excluding hydrogens is 513 g/mol. The normalized spacial score (nSPS) is 10.8. The fourth-order valence-corrected chi connectivity index (χ4v) is 6.27. The first kappa shape index (κ1) is 24.3. The van der Waals surface area contributed by atoms with Gasteiger partial charge in [0.15, 0.2) is 8.68 Å². The van der Waals surface area contributed by atoms with E-state index in [2.05, 4.69) is 29.3 Å². The molecule has 0 radical (unpaired) electrons. The zero-order valence-electron chi connectivity index (χ0n) is 16.7. The van der Waals surface area contributed by atoms with Gasteiger partial charge in [0.05, 0.1) is 11.5 Å². The molecule has 0 aliphatic rings. The largest absolute Gasteiger partial charge is 0.325 e. The van der Waals surface area contributed by atoms with Crippen molar-refractivity contribution in [3.63, 3.8) is 0 Å². The number of aryl methyl sites for hydroxylation is 1. The van der Waals surface area contributed by atoms with Crippen LogP contribution in [0.4, 0.5) is 11.4 Å². The maximum atomic E-state index is 12.3. The van der Waals surface area contributed by atoms with E-state index in [0.29, 0.717) is 21.7 Å². The lowest BCUT2D eigenvalue weighted by Crippen LogP contribution is -2.16. The van der Waals surface area contributed by atoms with Gasteiger partial charge in [-0.05, 0) is 66.3 Å². The lowest BCUT2D eigenvalue weighted by atomic mass is 10.2. The van der Waals surface area contributed by atoms with Crippen LogP contribution in [0.2, 0.25) is 0 Å². The van der Waals surface area contributed by atoms with Crippen LogP contribution >= 0.6 is 70.1 Å². The summed E-state index contributed by atoms with van der Waals surface area (Å²) >= 11 is 8.20. The van der Waals surface area contributed by atoms with Crippen molar-refractivity contribution >= 4 is 93.3 Å². The molecule has 14 heteroatoms. The van der Waals surface area contributed by atoms with Gasteiger partial charge in [-0.1, -0.05) is 47.0 Å². The third kappa shape index (κ3) is 7.95. The van der Waals surface area contributed by atoms with Crippen LogP contribution < -0.4 is 10.6 Å². The molecule has 2 aromatic heterocycles. The molecule has 8 nitrogen and oxygen atoms in total. The molecule has 3 rings (SSSR count). The van der Waals surface area contributed by atoms with Crippen molar-refractivity contribution in [1.29, 1.82) is 0 Å². The average molecular weight is 531 g/mol. The van der Waals surface area contributed by atoms with Gasteiger partial charge in [-0.3, -0.25) is 9.59 Å². The second-order valence-corrected chi connectivity index (χ2v) is 11.4. The Morgan fingerprint density at radius 3 is 1.68 bits per heavy atom. The molecule has 31 heavy (non-hydrogen) atoms. The quantitative estimate of drug-likeness (QED) is 0.361. The molecule has 0 atom stereocenters. The smallest absolute Gasteiger partial charge is 0.234 e. The number of aromatic nitrogens is 4. The summed E-state index contributed by atoms with van der Waals surface area (Å²) in [5.41, 5.74) is 2.18. The van der Waals surface area contributed by atoms with Crippen LogP contribution in [0.25, 0.3) is 0 Å². The van der Waals surface area contributed by atoms with E-state index in [1.807, 2.05) is 31.6 Å². The Balaban J connectivity index is 1.51. The number of hydrogen-bond donors (Lipinski definition) is 2. The van der Waals surface area contributed by atoms with Crippen LogP contribution in [0.1, 0.15) is 5.56 Å². The lowest BCUT2D eigenvalue weighted by molar-refractivity contribution is -0.114. The highest BCUT2D eigenvalue weighted by Crippen LogP contribution is 2.25. The SMILES string of the molecule is CSc1nsc(SCC(=O)Nc2cc(C)cc(NC(=O)CSc3nc(SC)ns3)c2)n1. The third-order valence-electron chi connectivity index (χ3n) is 3.44. The van der Waals surface area contributed by atoms with Gasteiger partial charge in [0, 0.05) is 11.4 Å². The van der Waals surface area contributed by atoms with E-state index in [1.54, 1.807) is 6.07 Å². The van der Waals surface area contributed by atoms with Crippen LogP contribution in [-0.2, 0) is 9.59 Å². The van der Waals surface area contributed by atoms with E-state index in [4.69, 9.17) is 0 Å². The van der Waals surface area contributed by atoms with Crippen molar-refractivity contribution in [1.82, 2.24) is 18.7 Å². The first-order valence-electron chi connectivity index (χ1n) is 8.67. The van der Waals surface area contributed by atoms with Gasteiger partial charge < -0.3 is 10.6 Å². The fourth-order valence-electron chi connectivity index (χ4n) is 2.25. The fraction of sp³-hybridized carbons (Fsp3) is 0.294. The Morgan fingerprint density at radius 1 is 0.839 bits per heavy atom. The van der Waals surface area contributed by atoms with E-state index >= 15 is 0 Å². The van der Waals surface area contributed by atoms with E-state index in [9.17, 15) is 9.59 Å². The zero-order chi connectivity index (χ0) is 22.2. The molecule has 0 spiro atoms. The van der Waals surface area contributed by atoms with Crippen LogP contribution in [0.3, 0.4) is 0 Å². The number of amides is 2. The number of carbonyl (C=O) groups is 2. The molecule has 0 bridgehead atoms. The molecule has 2 N–H and O–H groups in total. The Bertz CT molecular complexity index is 977. The van der Waals surface area contributed by atoms with E-state index < -0.39 is 0 Å². The molecule has 0 aliphatic carbocycles. The van der Waals surface area contributed by atoms with Crippen molar-refractivity contribution in [2.45, 2.75) is 25.9 Å². The van der Waals surface area contributed by atoms with Gasteiger partial charge in [-0.15, -0.1) is 0 Å². The molecule has 3 aromatic rings. The highest BCUT2D eigenvalue weighted by Gasteiger charge is 2.11. The summed E-state index contributed by atoms with van der Waals surface area (Å²) in [6.45, 7) is 1.91. The Kier molecular flexibility index (Phi) is 9.47. The summed E-state index contributed by atoms with van der Waals surface area (Å²) in [6.07, 6.45) is 3.82. The molecule has 0 unspecified atom stereocenters. The number of benzene rings is 1. The summed E-state index contributed by atoms with van der Waals surface area (Å²) in [5, 5.41) is 7.16. The zero-order valence-corrected chi connectivity index (χ0v) is 21.6. The molecule has 1 aromatic carbocycles. The maximum Gasteiger partial charge on any atom is 0.234 e. The second-order valence-electron chi connectivity index (χ2n) is 5.86. The standard InChI is InChI=1S/C17H18N6O2S6/c1-9-4-10(18-12(24)7-28-16-20-14(26-2)22-30-16)6-11(5-9)19-13(25)8-29-17-21-15(27-3)23-31-17/h4-6H,7-8H2,1-3H3,(H,18,24)(H,19,25). The summed E-state index contributed by atoms with van der Waals surface area (Å²) in [5.74, 6) is 0.167. The highest BCUT2D eigenvalue weighted by atomic mass is 32.2. The van der Waals surface area contributed by atoms with E-state index in [-0.39, 0.29) is 23.3 Å². The minimum Gasteiger partial charge on any atom is -0.325 e. The van der Waals surface area contributed by atoms with Crippen molar-refractivity contribution in [2.75, 3.05) is 34.7 Å². The Morgan fingerprint density at radius 2 is 1.29 bits per heavy atom. The molecule has 2 amide bonds. The second kappa shape index (κ2) is 12.1. The summed E-state index contributed by atoms with van der Waals surface area (Å²) in [4.78, 5) is 33.2. The van der Waals surface area contributed by atoms with Crippen LogP contribution in [0.15, 0.2) is 37.2 Å². The van der Waals surface area contributed by atoms with Gasteiger partial charge in [0.25, 0.3) is 0 Å². The molecule has 0 saturated carbocycles. The van der Waals surface area contributed by atoms with Crippen LogP contribution in [0.5, 0.6) is 0 Å². The minimum absolute atomic E-state index is 0.148. The summed E-state index contributed by atoms with van der Waals surface area (Å²) in [7, 11) is 0. The lowest BCUT2D eigenvalue weighted by Gasteiger charge is -2.10. The molecule has 2 heterocycles. The van der Waals surface area contributed by atoms with Crippen LogP contribution in [-0.4, -0.2) is 54.5 Å².